The first-order chi connectivity index (χ1) is 9.45. The Balaban J connectivity index is 2.34. The summed E-state index contributed by atoms with van der Waals surface area (Å²) >= 11 is 6.02. The Bertz CT molecular complexity index is 456. The first-order valence-corrected chi connectivity index (χ1v) is 7.13. The molecule has 0 bridgehead atoms. The second-order valence-corrected chi connectivity index (χ2v) is 5.29. The molecule has 2 rings (SSSR count). The summed E-state index contributed by atoms with van der Waals surface area (Å²) in [6.45, 7) is 5.33. The van der Waals surface area contributed by atoms with E-state index in [1.807, 2.05) is 6.92 Å². The van der Waals surface area contributed by atoms with Gasteiger partial charge in [0.1, 0.15) is 0 Å². The number of rotatable bonds is 3. The molecule has 1 saturated heterocycles. The average molecular weight is 307 g/mol. The minimum absolute atomic E-state index is 0.0631. The number of alkyl halides is 3. The van der Waals surface area contributed by atoms with Crippen LogP contribution in [0.3, 0.4) is 0 Å². The van der Waals surface area contributed by atoms with Crippen molar-refractivity contribution in [2.24, 2.45) is 0 Å². The lowest BCUT2D eigenvalue weighted by atomic mass is 9.99. The Kier molecular flexibility index (Phi) is 4.94. The zero-order valence-electron chi connectivity index (χ0n) is 11.3. The summed E-state index contributed by atoms with van der Waals surface area (Å²) < 4.78 is 38.8. The van der Waals surface area contributed by atoms with Crippen LogP contribution in [0.4, 0.5) is 13.2 Å². The molecule has 2 nitrogen and oxygen atoms in total. The lowest BCUT2D eigenvalue weighted by Crippen LogP contribution is -2.45. The summed E-state index contributed by atoms with van der Waals surface area (Å²) in [6.07, 6.45) is -3.67. The Morgan fingerprint density at radius 1 is 1.30 bits per heavy atom. The van der Waals surface area contributed by atoms with Crippen LogP contribution in [0.1, 0.15) is 30.5 Å². The van der Waals surface area contributed by atoms with Crippen molar-refractivity contribution in [1.29, 1.82) is 0 Å². The van der Waals surface area contributed by atoms with E-state index in [2.05, 4.69) is 10.2 Å². The molecule has 112 valence electrons. The van der Waals surface area contributed by atoms with E-state index in [9.17, 15) is 13.2 Å². The highest BCUT2D eigenvalue weighted by Gasteiger charge is 2.35. The van der Waals surface area contributed by atoms with Crippen molar-refractivity contribution >= 4 is 11.6 Å². The Morgan fingerprint density at radius 2 is 1.95 bits per heavy atom. The van der Waals surface area contributed by atoms with Crippen molar-refractivity contribution < 1.29 is 13.2 Å². The molecule has 1 aromatic rings. The first-order valence-electron chi connectivity index (χ1n) is 6.75. The fourth-order valence-electron chi connectivity index (χ4n) is 2.69. The van der Waals surface area contributed by atoms with Crippen molar-refractivity contribution in [3.63, 3.8) is 0 Å². The molecule has 1 fully saturated rings. The maximum Gasteiger partial charge on any atom is 0.417 e. The lowest BCUT2D eigenvalue weighted by Gasteiger charge is -2.35. The van der Waals surface area contributed by atoms with Crippen LogP contribution in [-0.2, 0) is 6.18 Å². The molecule has 1 aliphatic rings. The van der Waals surface area contributed by atoms with Gasteiger partial charge in [0, 0.05) is 32.2 Å². The lowest BCUT2D eigenvalue weighted by molar-refractivity contribution is -0.137. The average Bonchev–Trinajstić information content (AvgIpc) is 2.41. The number of benzene rings is 1. The van der Waals surface area contributed by atoms with Crippen LogP contribution >= 0.6 is 11.6 Å². The highest BCUT2D eigenvalue weighted by molar-refractivity contribution is 6.32. The van der Waals surface area contributed by atoms with E-state index in [1.165, 1.54) is 6.07 Å². The summed E-state index contributed by atoms with van der Waals surface area (Å²) in [5, 5.41) is 3.08. The highest BCUT2D eigenvalue weighted by atomic mass is 35.5. The van der Waals surface area contributed by atoms with Gasteiger partial charge < -0.3 is 5.32 Å². The molecule has 1 atom stereocenters. The van der Waals surface area contributed by atoms with Gasteiger partial charge in [-0.2, -0.15) is 13.2 Å². The molecule has 0 saturated carbocycles. The predicted molar refractivity (Wildman–Crippen MR) is 73.9 cm³/mol. The Morgan fingerprint density at radius 3 is 2.50 bits per heavy atom. The van der Waals surface area contributed by atoms with Crippen molar-refractivity contribution in [1.82, 2.24) is 10.2 Å². The largest absolute Gasteiger partial charge is 0.417 e. The summed E-state index contributed by atoms with van der Waals surface area (Å²) in [5.41, 5.74) is -0.170. The third-order valence-electron chi connectivity index (χ3n) is 3.67. The molecule has 1 aliphatic heterocycles. The summed E-state index contributed by atoms with van der Waals surface area (Å²) in [5.74, 6) is 0. The SMILES string of the molecule is CC[C@H](c1cccc(C(F)(F)F)c1Cl)N1CCNCC1. The van der Waals surface area contributed by atoms with Crippen molar-refractivity contribution in [2.75, 3.05) is 26.2 Å². The molecule has 0 spiro atoms. The van der Waals surface area contributed by atoms with Crippen molar-refractivity contribution in [3.05, 3.63) is 34.3 Å². The number of hydrogen-bond donors (Lipinski definition) is 1. The van der Waals surface area contributed by atoms with Crippen LogP contribution in [0, 0.1) is 0 Å². The van der Waals surface area contributed by atoms with Crippen LogP contribution in [0.25, 0.3) is 0 Å². The second-order valence-electron chi connectivity index (χ2n) is 4.92. The Labute approximate surface area is 121 Å². The zero-order chi connectivity index (χ0) is 14.8. The maximum atomic E-state index is 12.9. The molecular formula is C14H18ClF3N2. The summed E-state index contributed by atoms with van der Waals surface area (Å²) in [7, 11) is 0. The molecule has 1 aromatic carbocycles. The quantitative estimate of drug-likeness (QED) is 0.915. The normalized spacial score (nSPS) is 19.1. The van der Waals surface area contributed by atoms with E-state index in [1.54, 1.807) is 6.07 Å². The smallest absolute Gasteiger partial charge is 0.314 e. The fourth-order valence-corrected chi connectivity index (χ4v) is 3.05. The molecule has 0 aliphatic carbocycles. The van der Waals surface area contributed by atoms with E-state index >= 15 is 0 Å². The number of nitrogens with one attached hydrogen (secondary N) is 1. The van der Waals surface area contributed by atoms with E-state index in [4.69, 9.17) is 11.6 Å². The molecular weight excluding hydrogens is 289 g/mol. The van der Waals surface area contributed by atoms with Gasteiger partial charge >= 0.3 is 6.18 Å². The van der Waals surface area contributed by atoms with Crippen LogP contribution in [0.15, 0.2) is 18.2 Å². The second kappa shape index (κ2) is 6.33. The summed E-state index contributed by atoms with van der Waals surface area (Å²) in [6, 6.07) is 4.12. The van der Waals surface area contributed by atoms with Crippen LogP contribution in [-0.4, -0.2) is 31.1 Å². The van der Waals surface area contributed by atoms with Crippen LogP contribution in [0.5, 0.6) is 0 Å². The van der Waals surface area contributed by atoms with Gasteiger partial charge in [0.2, 0.25) is 0 Å². The number of hydrogen-bond acceptors (Lipinski definition) is 2. The van der Waals surface area contributed by atoms with Crippen molar-refractivity contribution in [2.45, 2.75) is 25.6 Å². The van der Waals surface area contributed by atoms with Gasteiger partial charge in [-0.15, -0.1) is 0 Å². The summed E-state index contributed by atoms with van der Waals surface area (Å²) in [4.78, 5) is 2.19. The molecule has 1 N–H and O–H groups in total. The van der Waals surface area contributed by atoms with Gasteiger partial charge in [0.15, 0.2) is 0 Å². The van der Waals surface area contributed by atoms with Crippen LogP contribution < -0.4 is 5.32 Å². The van der Waals surface area contributed by atoms with Gasteiger partial charge in [-0.3, -0.25) is 4.90 Å². The molecule has 0 radical (unpaired) electrons. The van der Waals surface area contributed by atoms with E-state index < -0.39 is 11.7 Å². The standard InChI is InChI=1S/C14H18ClF3N2/c1-2-12(20-8-6-19-7-9-20)10-4-3-5-11(13(10)15)14(16,17)18/h3-5,12,19H,2,6-9H2,1H3/t12-/m1/s1. The van der Waals surface area contributed by atoms with Gasteiger partial charge in [-0.25, -0.2) is 0 Å². The Hall–Kier alpha value is -0.780. The monoisotopic (exact) mass is 306 g/mol. The van der Waals surface area contributed by atoms with E-state index in [0.717, 1.165) is 38.7 Å². The van der Waals surface area contributed by atoms with Crippen LogP contribution in [0.2, 0.25) is 5.02 Å². The molecule has 0 aromatic heterocycles. The van der Waals surface area contributed by atoms with Gasteiger partial charge in [-0.05, 0) is 18.1 Å². The topological polar surface area (TPSA) is 15.3 Å². The molecule has 1 heterocycles. The molecule has 0 amide bonds. The zero-order valence-corrected chi connectivity index (χ0v) is 12.1. The molecule has 20 heavy (non-hydrogen) atoms. The maximum absolute atomic E-state index is 12.9. The van der Waals surface area contributed by atoms with E-state index in [0.29, 0.717) is 5.56 Å². The molecule has 0 unspecified atom stereocenters. The third-order valence-corrected chi connectivity index (χ3v) is 4.09. The first kappa shape index (κ1) is 15.6. The number of halogens is 4. The van der Waals surface area contributed by atoms with Gasteiger partial charge in [0.05, 0.1) is 10.6 Å². The number of piperazine rings is 1. The fraction of sp³-hybridized carbons (Fsp3) is 0.571. The van der Waals surface area contributed by atoms with Crippen molar-refractivity contribution in [3.8, 4) is 0 Å². The minimum Gasteiger partial charge on any atom is -0.314 e. The van der Waals surface area contributed by atoms with E-state index in [-0.39, 0.29) is 11.1 Å². The minimum atomic E-state index is -4.41. The highest BCUT2D eigenvalue weighted by Crippen LogP contribution is 2.39. The van der Waals surface area contributed by atoms with Gasteiger partial charge in [0.25, 0.3) is 0 Å². The molecule has 6 heteroatoms. The predicted octanol–water partition coefficient (Wildman–Crippen LogP) is 3.72. The third kappa shape index (κ3) is 3.27. The van der Waals surface area contributed by atoms with Gasteiger partial charge in [-0.1, -0.05) is 30.7 Å². The number of nitrogens with zero attached hydrogens (tertiary/aromatic N) is 1.